The van der Waals surface area contributed by atoms with E-state index in [1.165, 1.54) is 25.8 Å². The highest BCUT2D eigenvalue weighted by Gasteiger charge is 2.30. The molecule has 0 radical (unpaired) electrons. The molecule has 2 N–H and O–H groups in total. The maximum Gasteiger partial charge on any atom is 0.380 e. The molecule has 0 amide bonds. The van der Waals surface area contributed by atoms with Crippen LogP contribution in [0.3, 0.4) is 0 Å². The lowest BCUT2D eigenvalue weighted by Crippen LogP contribution is -2.55. The number of piperazine rings is 1. The highest BCUT2D eigenvalue weighted by atomic mass is 32.2. The van der Waals surface area contributed by atoms with Crippen LogP contribution in [0.4, 0.5) is 5.82 Å². The Bertz CT molecular complexity index is 887. The molecule has 0 saturated carbocycles. The van der Waals surface area contributed by atoms with Gasteiger partial charge in [0.15, 0.2) is 0 Å². The molecule has 1 atom stereocenters. The first-order valence-corrected chi connectivity index (χ1v) is 10.1. The summed E-state index contributed by atoms with van der Waals surface area (Å²) in [7, 11) is -4.04. The van der Waals surface area contributed by atoms with E-state index in [-0.39, 0.29) is 5.75 Å². The second-order valence-electron chi connectivity index (χ2n) is 6.73. The summed E-state index contributed by atoms with van der Waals surface area (Å²) in [5, 5.41) is 6.86. The number of hydrogen-bond donors (Lipinski definition) is 1. The molecule has 2 fully saturated rings. The average molecular weight is 362 g/mol. The topological polar surface area (TPSA) is 88.8 Å². The monoisotopic (exact) mass is 362 g/mol. The van der Waals surface area contributed by atoms with Gasteiger partial charge in [0.2, 0.25) is 0 Å². The van der Waals surface area contributed by atoms with E-state index in [2.05, 4.69) is 14.8 Å². The molecule has 0 bridgehead atoms. The molecule has 2 aliphatic rings. The molecule has 25 heavy (non-hydrogen) atoms. The Morgan fingerprint density at radius 2 is 2.04 bits per heavy atom. The van der Waals surface area contributed by atoms with Gasteiger partial charge >= 0.3 is 10.3 Å². The highest BCUT2D eigenvalue weighted by Crippen LogP contribution is 2.31. The summed E-state index contributed by atoms with van der Waals surface area (Å²) in [6.45, 7) is 4.10. The van der Waals surface area contributed by atoms with Crippen molar-refractivity contribution in [2.45, 2.75) is 25.3 Å². The van der Waals surface area contributed by atoms with Crippen LogP contribution in [0, 0.1) is 0 Å². The van der Waals surface area contributed by atoms with E-state index < -0.39 is 10.3 Å². The molecule has 134 valence electrons. The molecule has 1 aromatic carbocycles. The standard InChI is InChI=1S/C17H22N4O3S/c18-25(22,23)24-15-5-4-13-6-7-19-17(16(13)11-15)21-10-9-20-8-2-1-3-14(20)12-21/h4-7,11,14H,1-3,8-10,12H2,(H2,18,22,23). The number of piperidine rings is 1. The normalized spacial score (nSPS) is 22.0. The largest absolute Gasteiger partial charge is 0.380 e. The van der Waals surface area contributed by atoms with Gasteiger partial charge in [-0.1, -0.05) is 12.5 Å². The molecule has 0 aliphatic carbocycles. The number of rotatable bonds is 3. The lowest BCUT2D eigenvalue weighted by atomic mass is 9.99. The minimum atomic E-state index is -4.04. The van der Waals surface area contributed by atoms with Crippen molar-refractivity contribution in [3.8, 4) is 5.75 Å². The summed E-state index contributed by atoms with van der Waals surface area (Å²) in [6.07, 6.45) is 5.59. The SMILES string of the molecule is NS(=O)(=O)Oc1ccc2ccnc(N3CCN4CCCCC4C3)c2c1. The summed E-state index contributed by atoms with van der Waals surface area (Å²) in [5.74, 6) is 1.09. The molecular formula is C17H22N4O3S. The number of benzene rings is 1. The van der Waals surface area contributed by atoms with Crippen molar-refractivity contribution in [2.75, 3.05) is 31.1 Å². The number of nitrogens with zero attached hydrogens (tertiary/aromatic N) is 3. The third-order valence-corrected chi connectivity index (χ3v) is 5.49. The molecule has 1 aromatic heterocycles. The first-order valence-electron chi connectivity index (χ1n) is 8.59. The molecule has 3 heterocycles. The second-order valence-corrected chi connectivity index (χ2v) is 7.88. The van der Waals surface area contributed by atoms with Crippen LogP contribution < -0.4 is 14.2 Å². The molecule has 7 nitrogen and oxygen atoms in total. The Hall–Kier alpha value is -1.90. The predicted octanol–water partition coefficient (Wildman–Crippen LogP) is 1.49. The van der Waals surface area contributed by atoms with Gasteiger partial charge in [-0.15, -0.1) is 0 Å². The number of fused-ring (bicyclic) bond motifs is 2. The molecule has 0 spiro atoms. The maximum atomic E-state index is 11.2. The van der Waals surface area contributed by atoms with Crippen LogP contribution in [0.15, 0.2) is 30.5 Å². The number of nitrogens with two attached hydrogens (primary N) is 1. The van der Waals surface area contributed by atoms with E-state index >= 15 is 0 Å². The summed E-state index contributed by atoms with van der Waals surface area (Å²) in [5.41, 5.74) is 0. The zero-order valence-corrected chi connectivity index (χ0v) is 14.8. The Morgan fingerprint density at radius 3 is 2.88 bits per heavy atom. The van der Waals surface area contributed by atoms with Gasteiger partial charge in [-0.2, -0.15) is 13.6 Å². The van der Waals surface area contributed by atoms with Crippen molar-refractivity contribution in [2.24, 2.45) is 5.14 Å². The van der Waals surface area contributed by atoms with Gasteiger partial charge in [-0.3, -0.25) is 4.90 Å². The lowest BCUT2D eigenvalue weighted by Gasteiger charge is -2.44. The summed E-state index contributed by atoms with van der Waals surface area (Å²) in [6, 6.07) is 7.63. The van der Waals surface area contributed by atoms with Gasteiger partial charge in [0, 0.05) is 37.3 Å². The van der Waals surface area contributed by atoms with E-state index in [1.807, 2.05) is 12.1 Å². The summed E-state index contributed by atoms with van der Waals surface area (Å²) >= 11 is 0. The number of aromatic nitrogens is 1. The number of pyridine rings is 1. The first-order chi connectivity index (χ1) is 12.0. The molecule has 2 saturated heterocycles. The van der Waals surface area contributed by atoms with E-state index in [0.29, 0.717) is 6.04 Å². The highest BCUT2D eigenvalue weighted by molar-refractivity contribution is 7.84. The second kappa shape index (κ2) is 6.44. The third-order valence-electron chi connectivity index (χ3n) is 5.07. The lowest BCUT2D eigenvalue weighted by molar-refractivity contribution is 0.133. The average Bonchev–Trinajstić information content (AvgIpc) is 2.59. The number of hydrogen-bond acceptors (Lipinski definition) is 6. The van der Waals surface area contributed by atoms with Gasteiger partial charge in [0.25, 0.3) is 0 Å². The third kappa shape index (κ3) is 3.56. The van der Waals surface area contributed by atoms with E-state index in [1.54, 1.807) is 18.3 Å². The van der Waals surface area contributed by atoms with Crippen molar-refractivity contribution >= 4 is 26.9 Å². The van der Waals surface area contributed by atoms with Gasteiger partial charge in [0.1, 0.15) is 11.6 Å². The van der Waals surface area contributed by atoms with Crippen LogP contribution in [0.5, 0.6) is 5.75 Å². The fourth-order valence-corrected chi connectivity index (χ4v) is 4.29. The van der Waals surface area contributed by atoms with Crippen molar-refractivity contribution in [3.05, 3.63) is 30.5 Å². The van der Waals surface area contributed by atoms with Crippen LogP contribution in [-0.4, -0.2) is 50.5 Å². The fraction of sp³-hybridized carbons (Fsp3) is 0.471. The summed E-state index contributed by atoms with van der Waals surface area (Å²) in [4.78, 5) is 9.45. The zero-order valence-electron chi connectivity index (χ0n) is 14.0. The quantitative estimate of drug-likeness (QED) is 0.890. The van der Waals surface area contributed by atoms with Crippen molar-refractivity contribution in [1.29, 1.82) is 0 Å². The maximum absolute atomic E-state index is 11.2. The molecule has 1 unspecified atom stereocenters. The van der Waals surface area contributed by atoms with Gasteiger partial charge < -0.3 is 9.08 Å². The smallest absolute Gasteiger partial charge is 0.371 e. The Labute approximate surface area is 147 Å². The van der Waals surface area contributed by atoms with Crippen LogP contribution in [0.1, 0.15) is 19.3 Å². The minimum absolute atomic E-state index is 0.209. The Balaban J connectivity index is 1.67. The van der Waals surface area contributed by atoms with E-state index in [0.717, 1.165) is 36.2 Å². The van der Waals surface area contributed by atoms with Crippen LogP contribution >= 0.6 is 0 Å². The van der Waals surface area contributed by atoms with Crippen molar-refractivity contribution < 1.29 is 12.6 Å². The predicted molar refractivity (Wildman–Crippen MR) is 96.9 cm³/mol. The minimum Gasteiger partial charge on any atom is -0.371 e. The molecular weight excluding hydrogens is 340 g/mol. The van der Waals surface area contributed by atoms with Crippen LogP contribution in [0.25, 0.3) is 10.8 Å². The summed E-state index contributed by atoms with van der Waals surface area (Å²) < 4.78 is 27.2. The van der Waals surface area contributed by atoms with E-state index in [4.69, 9.17) is 9.32 Å². The zero-order chi connectivity index (χ0) is 17.4. The van der Waals surface area contributed by atoms with Crippen molar-refractivity contribution in [3.63, 3.8) is 0 Å². The van der Waals surface area contributed by atoms with Crippen LogP contribution in [0.2, 0.25) is 0 Å². The molecule has 2 aliphatic heterocycles. The molecule has 8 heteroatoms. The fourth-order valence-electron chi connectivity index (χ4n) is 3.92. The molecule has 4 rings (SSSR count). The van der Waals surface area contributed by atoms with Gasteiger partial charge in [-0.25, -0.2) is 4.98 Å². The van der Waals surface area contributed by atoms with Crippen molar-refractivity contribution in [1.82, 2.24) is 9.88 Å². The van der Waals surface area contributed by atoms with Crippen LogP contribution in [-0.2, 0) is 10.3 Å². The van der Waals surface area contributed by atoms with E-state index in [9.17, 15) is 8.42 Å². The van der Waals surface area contributed by atoms with Gasteiger partial charge in [-0.05, 0) is 43.0 Å². The number of anilines is 1. The molecule has 2 aromatic rings. The first kappa shape index (κ1) is 16.6. The Kier molecular flexibility index (Phi) is 4.26. The van der Waals surface area contributed by atoms with Gasteiger partial charge in [0.05, 0.1) is 0 Å². The Morgan fingerprint density at radius 1 is 1.16 bits per heavy atom.